The summed E-state index contributed by atoms with van der Waals surface area (Å²) in [4.78, 5) is 6.73. The van der Waals surface area contributed by atoms with Crippen molar-refractivity contribution in [2.24, 2.45) is 13.0 Å². The first kappa shape index (κ1) is 14.8. The minimum atomic E-state index is 0. The highest BCUT2D eigenvalue weighted by atomic mass is 35.5. The number of nitrogens with one attached hydrogen (secondary N) is 1. The van der Waals surface area contributed by atoms with Gasteiger partial charge in [-0.2, -0.15) is 0 Å². The third kappa shape index (κ3) is 4.20. The first-order valence-electron chi connectivity index (χ1n) is 7.22. The zero-order valence-corrected chi connectivity index (χ0v) is 12.5. The van der Waals surface area contributed by atoms with Gasteiger partial charge in [-0.1, -0.05) is 0 Å². The van der Waals surface area contributed by atoms with Gasteiger partial charge in [0.15, 0.2) is 0 Å². The minimum absolute atomic E-state index is 0. The molecule has 19 heavy (non-hydrogen) atoms. The minimum Gasteiger partial charge on any atom is -0.337 e. The van der Waals surface area contributed by atoms with Gasteiger partial charge in [-0.25, -0.2) is 4.98 Å². The van der Waals surface area contributed by atoms with E-state index in [2.05, 4.69) is 26.8 Å². The van der Waals surface area contributed by atoms with Gasteiger partial charge in [-0.15, -0.1) is 12.4 Å². The van der Waals surface area contributed by atoms with Crippen LogP contribution in [-0.4, -0.2) is 40.1 Å². The first-order chi connectivity index (χ1) is 8.81. The van der Waals surface area contributed by atoms with Crippen LogP contribution in [0.1, 0.15) is 31.4 Å². The molecule has 0 radical (unpaired) electrons. The summed E-state index contributed by atoms with van der Waals surface area (Å²) in [6.45, 7) is 4.74. The van der Waals surface area contributed by atoms with E-state index in [1.165, 1.54) is 51.0 Å². The average molecular weight is 285 g/mol. The van der Waals surface area contributed by atoms with Crippen LogP contribution in [0.4, 0.5) is 0 Å². The van der Waals surface area contributed by atoms with Gasteiger partial charge < -0.3 is 9.88 Å². The molecule has 1 aliphatic carbocycles. The quantitative estimate of drug-likeness (QED) is 0.895. The fraction of sp³-hybridized carbons (Fsp3) is 0.786. The van der Waals surface area contributed by atoms with Crippen LogP contribution in [0.5, 0.6) is 0 Å². The molecule has 0 unspecified atom stereocenters. The molecule has 0 atom stereocenters. The summed E-state index contributed by atoms with van der Waals surface area (Å²) in [5.41, 5.74) is 1.32. The van der Waals surface area contributed by atoms with Crippen LogP contribution < -0.4 is 5.32 Å². The first-order valence-corrected chi connectivity index (χ1v) is 7.22. The Morgan fingerprint density at radius 2 is 2.00 bits per heavy atom. The number of piperidine rings is 1. The second kappa shape index (κ2) is 6.73. The Hall–Kier alpha value is -0.580. The van der Waals surface area contributed by atoms with Crippen molar-refractivity contribution in [3.05, 3.63) is 18.2 Å². The fourth-order valence-corrected chi connectivity index (χ4v) is 2.72. The molecule has 1 saturated heterocycles. The number of aromatic nitrogens is 2. The Morgan fingerprint density at radius 3 is 2.58 bits per heavy atom. The second-order valence-corrected chi connectivity index (χ2v) is 5.90. The third-order valence-electron chi connectivity index (χ3n) is 4.28. The second-order valence-electron chi connectivity index (χ2n) is 5.90. The lowest BCUT2D eigenvalue weighted by molar-refractivity contribution is 0.187. The molecule has 2 fully saturated rings. The van der Waals surface area contributed by atoms with Crippen molar-refractivity contribution in [2.45, 2.75) is 38.3 Å². The summed E-state index contributed by atoms with van der Waals surface area (Å²) in [6, 6.07) is 0.758. The van der Waals surface area contributed by atoms with Crippen molar-refractivity contribution in [3.8, 4) is 0 Å². The summed E-state index contributed by atoms with van der Waals surface area (Å²) in [5, 5.41) is 3.73. The van der Waals surface area contributed by atoms with Crippen LogP contribution in [0, 0.1) is 5.92 Å². The van der Waals surface area contributed by atoms with Gasteiger partial charge in [0.2, 0.25) is 0 Å². The molecule has 1 N–H and O–H groups in total. The van der Waals surface area contributed by atoms with Crippen LogP contribution >= 0.6 is 12.4 Å². The molecule has 0 spiro atoms. The van der Waals surface area contributed by atoms with E-state index >= 15 is 0 Å². The highest BCUT2D eigenvalue weighted by molar-refractivity contribution is 5.85. The van der Waals surface area contributed by atoms with Gasteiger partial charge in [0.25, 0.3) is 0 Å². The molecule has 3 rings (SSSR count). The lowest BCUT2D eigenvalue weighted by Gasteiger charge is -2.32. The van der Waals surface area contributed by atoms with Crippen molar-refractivity contribution in [2.75, 3.05) is 19.6 Å². The highest BCUT2D eigenvalue weighted by Gasteiger charge is 2.24. The lowest BCUT2D eigenvalue weighted by Crippen LogP contribution is -2.42. The van der Waals surface area contributed by atoms with Crippen molar-refractivity contribution in [3.63, 3.8) is 0 Å². The Labute approximate surface area is 122 Å². The van der Waals surface area contributed by atoms with E-state index in [1.54, 1.807) is 0 Å². The van der Waals surface area contributed by atoms with Crippen molar-refractivity contribution >= 4 is 12.4 Å². The summed E-state index contributed by atoms with van der Waals surface area (Å²) in [5.74, 6) is 0.998. The number of halogens is 1. The summed E-state index contributed by atoms with van der Waals surface area (Å²) in [7, 11) is 2.08. The predicted molar refractivity (Wildman–Crippen MR) is 79.5 cm³/mol. The Balaban J connectivity index is 0.00000133. The molecule has 0 bridgehead atoms. The summed E-state index contributed by atoms with van der Waals surface area (Å²) >= 11 is 0. The number of rotatable bonds is 5. The summed E-state index contributed by atoms with van der Waals surface area (Å²) < 4.78 is 2.12. The van der Waals surface area contributed by atoms with Gasteiger partial charge >= 0.3 is 0 Å². The molecule has 1 aliphatic heterocycles. The molecular weight excluding hydrogens is 260 g/mol. The number of hydrogen-bond donors (Lipinski definition) is 1. The number of imidazole rings is 1. The number of hydrogen-bond acceptors (Lipinski definition) is 3. The predicted octanol–water partition coefficient (Wildman–Crippen LogP) is 1.81. The van der Waals surface area contributed by atoms with Crippen LogP contribution in [0.3, 0.4) is 0 Å². The summed E-state index contributed by atoms with van der Waals surface area (Å²) in [6.07, 6.45) is 9.37. The van der Waals surface area contributed by atoms with E-state index in [0.29, 0.717) is 0 Å². The standard InChI is InChI=1S/C14H24N4.ClH/c1-17-11-15-9-14(17)10-18-6-4-13(5-7-18)16-8-12-2-3-12;/h9,11-13,16H,2-8,10H2,1H3;1H. The van der Waals surface area contributed by atoms with E-state index in [9.17, 15) is 0 Å². The van der Waals surface area contributed by atoms with Crippen LogP contribution in [-0.2, 0) is 13.6 Å². The fourth-order valence-electron chi connectivity index (χ4n) is 2.72. The molecule has 4 nitrogen and oxygen atoms in total. The number of likely N-dealkylation sites (tertiary alicyclic amines) is 1. The van der Waals surface area contributed by atoms with Gasteiger partial charge in [0.05, 0.1) is 12.0 Å². The Bertz CT molecular complexity index is 381. The normalized spacial score (nSPS) is 21.3. The van der Waals surface area contributed by atoms with Crippen molar-refractivity contribution in [1.82, 2.24) is 19.8 Å². The molecule has 2 aliphatic rings. The maximum Gasteiger partial charge on any atom is 0.0945 e. The van der Waals surface area contributed by atoms with Gasteiger partial charge in [0, 0.05) is 38.9 Å². The van der Waals surface area contributed by atoms with E-state index in [0.717, 1.165) is 18.5 Å². The van der Waals surface area contributed by atoms with Crippen LogP contribution in [0.2, 0.25) is 0 Å². The van der Waals surface area contributed by atoms with Crippen LogP contribution in [0.25, 0.3) is 0 Å². The maximum absolute atomic E-state index is 4.18. The van der Waals surface area contributed by atoms with Crippen LogP contribution in [0.15, 0.2) is 12.5 Å². The third-order valence-corrected chi connectivity index (χ3v) is 4.28. The molecule has 1 aromatic rings. The largest absolute Gasteiger partial charge is 0.337 e. The van der Waals surface area contributed by atoms with E-state index in [4.69, 9.17) is 0 Å². The smallest absolute Gasteiger partial charge is 0.0945 e. The van der Waals surface area contributed by atoms with Gasteiger partial charge in [-0.3, -0.25) is 4.90 Å². The zero-order chi connectivity index (χ0) is 12.4. The van der Waals surface area contributed by atoms with Crippen molar-refractivity contribution in [1.29, 1.82) is 0 Å². The van der Waals surface area contributed by atoms with Gasteiger partial charge in [0.1, 0.15) is 0 Å². The molecule has 108 valence electrons. The molecule has 1 aromatic heterocycles. The molecule has 1 saturated carbocycles. The maximum atomic E-state index is 4.18. The molecule has 2 heterocycles. The molecule has 0 aromatic carbocycles. The number of aryl methyl sites for hydroxylation is 1. The van der Waals surface area contributed by atoms with E-state index in [1.807, 2.05) is 12.5 Å². The lowest BCUT2D eigenvalue weighted by atomic mass is 10.0. The monoisotopic (exact) mass is 284 g/mol. The molecule has 0 amide bonds. The van der Waals surface area contributed by atoms with Crippen molar-refractivity contribution < 1.29 is 0 Å². The number of nitrogens with zero attached hydrogens (tertiary/aromatic N) is 3. The van der Waals surface area contributed by atoms with E-state index < -0.39 is 0 Å². The molecular formula is C14H25ClN4. The molecule has 5 heteroatoms. The highest BCUT2D eigenvalue weighted by Crippen LogP contribution is 2.28. The Kier molecular flexibility index (Phi) is 5.25. The average Bonchev–Trinajstić information content (AvgIpc) is 3.13. The SMILES string of the molecule is Cl.Cn1cncc1CN1CCC(NCC2CC2)CC1. The Morgan fingerprint density at radius 1 is 1.26 bits per heavy atom. The van der Waals surface area contributed by atoms with E-state index in [-0.39, 0.29) is 12.4 Å². The topological polar surface area (TPSA) is 33.1 Å². The van der Waals surface area contributed by atoms with Gasteiger partial charge in [-0.05, 0) is 38.1 Å². The zero-order valence-electron chi connectivity index (χ0n) is 11.7.